The number of aliphatic hydroxyl groups is 1. The van der Waals surface area contributed by atoms with Crippen LogP contribution in [-0.2, 0) is 11.2 Å². The summed E-state index contributed by atoms with van der Waals surface area (Å²) in [4.78, 5) is 19.2. The zero-order valence-electron chi connectivity index (χ0n) is 18.3. The molecule has 1 aliphatic carbocycles. The summed E-state index contributed by atoms with van der Waals surface area (Å²) in [5.41, 5.74) is 2.11. The van der Waals surface area contributed by atoms with Crippen LogP contribution < -0.4 is 0 Å². The second-order valence-electron chi connectivity index (χ2n) is 9.14. The molecule has 1 aliphatic heterocycles. The van der Waals surface area contributed by atoms with Crippen molar-refractivity contribution >= 4 is 5.91 Å². The molecule has 2 aromatic heterocycles. The zero-order valence-corrected chi connectivity index (χ0v) is 18.3. The molecule has 5 rings (SSSR count). The van der Waals surface area contributed by atoms with Crippen molar-refractivity contribution in [1.82, 2.24) is 24.8 Å². The van der Waals surface area contributed by atoms with Crippen LogP contribution in [-0.4, -0.2) is 55.0 Å². The molecule has 4 atom stereocenters. The first kappa shape index (κ1) is 20.9. The first-order chi connectivity index (χ1) is 15.6. The summed E-state index contributed by atoms with van der Waals surface area (Å²) in [6.45, 7) is 3.55. The van der Waals surface area contributed by atoms with E-state index in [-0.39, 0.29) is 11.9 Å². The second-order valence-corrected chi connectivity index (χ2v) is 9.14. The van der Waals surface area contributed by atoms with Crippen LogP contribution in [0.4, 0.5) is 0 Å². The van der Waals surface area contributed by atoms with E-state index < -0.39 is 6.10 Å². The minimum absolute atomic E-state index is 0.00144. The Balaban J connectivity index is 1.11. The van der Waals surface area contributed by atoms with E-state index in [0.717, 1.165) is 31.5 Å². The van der Waals surface area contributed by atoms with Crippen LogP contribution in [0.2, 0.25) is 0 Å². The number of carbonyl (C=O) groups excluding carboxylic acids is 1. The Morgan fingerprint density at radius 3 is 2.72 bits per heavy atom. The van der Waals surface area contributed by atoms with Gasteiger partial charge in [0, 0.05) is 43.9 Å². The van der Waals surface area contributed by atoms with Gasteiger partial charge in [-0.05, 0) is 44.1 Å². The average Bonchev–Trinajstić information content (AvgIpc) is 3.54. The zero-order chi connectivity index (χ0) is 22.1. The number of likely N-dealkylation sites (tertiary alicyclic amines) is 1. The number of amides is 1. The van der Waals surface area contributed by atoms with E-state index in [9.17, 15) is 9.90 Å². The molecule has 8 heteroatoms. The molecule has 0 spiro atoms. The highest BCUT2D eigenvalue weighted by Gasteiger charge is 2.43. The number of nitrogens with zero attached hydrogens (tertiary/aromatic N) is 5. The summed E-state index contributed by atoms with van der Waals surface area (Å²) in [6, 6.07) is 9.89. The monoisotopic (exact) mass is 435 g/mol. The molecule has 32 heavy (non-hydrogen) atoms. The highest BCUT2D eigenvalue weighted by molar-refractivity contribution is 5.76. The van der Waals surface area contributed by atoms with Crippen LogP contribution in [0.5, 0.6) is 0 Å². The number of aromatic nitrogens is 4. The molecule has 3 aromatic rings. The number of rotatable bonds is 6. The highest BCUT2D eigenvalue weighted by atomic mass is 16.5. The second kappa shape index (κ2) is 8.86. The topological polar surface area (TPSA) is 97.3 Å². The molecule has 1 aromatic carbocycles. The van der Waals surface area contributed by atoms with Gasteiger partial charge in [-0.15, -0.1) is 0 Å². The first-order valence-electron chi connectivity index (χ1n) is 11.4. The molecule has 1 saturated carbocycles. The number of aryl methyl sites for hydroxylation is 2. The van der Waals surface area contributed by atoms with Crippen molar-refractivity contribution in [3.05, 3.63) is 54.2 Å². The summed E-state index contributed by atoms with van der Waals surface area (Å²) in [5, 5.41) is 19.0. The molecule has 8 nitrogen and oxygen atoms in total. The fraction of sp³-hybridized carbons (Fsp3) is 0.500. The molecular weight excluding hydrogens is 406 g/mol. The maximum atomic E-state index is 12.8. The number of carbonyl (C=O) groups is 1. The van der Waals surface area contributed by atoms with Crippen LogP contribution in [0.25, 0.3) is 11.4 Å². The van der Waals surface area contributed by atoms with Crippen molar-refractivity contribution in [1.29, 1.82) is 0 Å². The van der Waals surface area contributed by atoms with Gasteiger partial charge in [-0.25, -0.2) is 0 Å². The third kappa shape index (κ3) is 4.32. The third-order valence-corrected chi connectivity index (χ3v) is 6.89. The van der Waals surface area contributed by atoms with E-state index in [4.69, 9.17) is 4.52 Å². The number of fused-ring (bicyclic) bond motifs is 1. The molecule has 0 bridgehead atoms. The lowest BCUT2D eigenvalue weighted by atomic mass is 9.77. The van der Waals surface area contributed by atoms with Gasteiger partial charge in [0.25, 0.3) is 0 Å². The standard InChI is InChI=1S/C24H29N5O3/c1-16-6-8-17(9-7-16)24-26-22(32-27-24)4-2-5-23(31)28-14-18-12-20(29-11-3-10-25-29)21(30)13-19(18)15-28/h3,6-11,18-21,30H,2,4-5,12-15H2,1H3/t18-,19+,20-,21-/m1/s1. The first-order valence-corrected chi connectivity index (χ1v) is 11.4. The van der Waals surface area contributed by atoms with Crippen LogP contribution in [0.1, 0.15) is 43.2 Å². The molecule has 3 heterocycles. The van der Waals surface area contributed by atoms with Crippen molar-refractivity contribution in [3.8, 4) is 11.4 Å². The van der Waals surface area contributed by atoms with Crippen molar-refractivity contribution in [3.63, 3.8) is 0 Å². The van der Waals surface area contributed by atoms with Gasteiger partial charge in [0.2, 0.25) is 17.6 Å². The molecular formula is C24H29N5O3. The summed E-state index contributed by atoms with van der Waals surface area (Å²) < 4.78 is 7.23. The Labute approximate surface area is 187 Å². The van der Waals surface area contributed by atoms with Crippen LogP contribution in [0.15, 0.2) is 47.2 Å². The molecule has 168 valence electrons. The van der Waals surface area contributed by atoms with Crippen molar-refractivity contribution in [2.45, 2.75) is 51.2 Å². The number of hydrogen-bond acceptors (Lipinski definition) is 6. The minimum Gasteiger partial charge on any atom is -0.391 e. The van der Waals surface area contributed by atoms with Gasteiger partial charge < -0.3 is 14.5 Å². The predicted octanol–water partition coefficient (Wildman–Crippen LogP) is 3.03. The summed E-state index contributed by atoms with van der Waals surface area (Å²) >= 11 is 0. The largest absolute Gasteiger partial charge is 0.391 e. The number of hydrogen-bond donors (Lipinski definition) is 1. The molecule has 0 radical (unpaired) electrons. The SMILES string of the molecule is Cc1ccc(-c2noc(CCCC(=O)N3C[C@H]4C[C@@H](n5cccn5)[C@H](O)C[C@H]4C3)n2)cc1. The predicted molar refractivity (Wildman–Crippen MR) is 117 cm³/mol. The summed E-state index contributed by atoms with van der Waals surface area (Å²) in [7, 11) is 0. The van der Waals surface area contributed by atoms with E-state index in [1.165, 1.54) is 5.56 Å². The van der Waals surface area contributed by atoms with Crippen LogP contribution in [0, 0.1) is 18.8 Å². The molecule has 1 amide bonds. The minimum atomic E-state index is -0.411. The van der Waals surface area contributed by atoms with Gasteiger partial charge in [-0.3, -0.25) is 9.48 Å². The van der Waals surface area contributed by atoms with Crippen LogP contribution >= 0.6 is 0 Å². The third-order valence-electron chi connectivity index (χ3n) is 6.89. The maximum Gasteiger partial charge on any atom is 0.226 e. The lowest BCUT2D eigenvalue weighted by Gasteiger charge is -2.35. The Morgan fingerprint density at radius 1 is 1.19 bits per heavy atom. The lowest BCUT2D eigenvalue weighted by molar-refractivity contribution is -0.130. The molecule has 0 unspecified atom stereocenters. The average molecular weight is 436 g/mol. The van der Waals surface area contributed by atoms with Gasteiger partial charge in [-0.2, -0.15) is 10.1 Å². The highest BCUT2D eigenvalue weighted by Crippen LogP contribution is 2.41. The smallest absolute Gasteiger partial charge is 0.226 e. The Morgan fingerprint density at radius 2 is 1.97 bits per heavy atom. The lowest BCUT2D eigenvalue weighted by Crippen LogP contribution is -2.36. The Hall–Kier alpha value is -3.00. The summed E-state index contributed by atoms with van der Waals surface area (Å²) in [6.07, 6.45) is 6.57. The van der Waals surface area contributed by atoms with Gasteiger partial charge >= 0.3 is 0 Å². The normalized spacial score (nSPS) is 25.1. The Kier molecular flexibility index (Phi) is 5.78. The fourth-order valence-electron chi connectivity index (χ4n) is 5.10. The maximum absolute atomic E-state index is 12.8. The van der Waals surface area contributed by atoms with Gasteiger partial charge in [-0.1, -0.05) is 35.0 Å². The number of aliphatic hydroxyl groups excluding tert-OH is 1. The van der Waals surface area contributed by atoms with E-state index >= 15 is 0 Å². The van der Waals surface area contributed by atoms with Crippen molar-refractivity contribution < 1.29 is 14.4 Å². The van der Waals surface area contributed by atoms with E-state index in [0.29, 0.717) is 42.8 Å². The fourth-order valence-corrected chi connectivity index (χ4v) is 5.10. The van der Waals surface area contributed by atoms with Gasteiger partial charge in [0.1, 0.15) is 0 Å². The van der Waals surface area contributed by atoms with Crippen molar-refractivity contribution in [2.24, 2.45) is 11.8 Å². The van der Waals surface area contributed by atoms with Gasteiger partial charge in [0.05, 0.1) is 12.1 Å². The molecule has 1 saturated heterocycles. The van der Waals surface area contributed by atoms with Crippen molar-refractivity contribution in [2.75, 3.05) is 13.1 Å². The van der Waals surface area contributed by atoms with Crippen LogP contribution in [0.3, 0.4) is 0 Å². The van der Waals surface area contributed by atoms with Gasteiger partial charge in [0.15, 0.2) is 0 Å². The Bertz CT molecular complexity index is 1050. The number of benzene rings is 1. The molecule has 2 fully saturated rings. The van der Waals surface area contributed by atoms with E-state index in [1.54, 1.807) is 6.20 Å². The molecule has 1 N–H and O–H groups in total. The quantitative estimate of drug-likeness (QED) is 0.639. The molecule has 2 aliphatic rings. The van der Waals surface area contributed by atoms with E-state index in [2.05, 4.69) is 15.2 Å². The van der Waals surface area contributed by atoms with E-state index in [1.807, 2.05) is 53.0 Å². The summed E-state index contributed by atoms with van der Waals surface area (Å²) in [5.74, 6) is 2.11.